The van der Waals surface area contributed by atoms with Crippen LogP contribution < -0.4 is 5.32 Å². The molecular formula is C12H14FNO2. The number of hydrogen-bond acceptors (Lipinski definition) is 2. The fourth-order valence-corrected chi connectivity index (χ4v) is 1.66. The third-order valence-corrected chi connectivity index (χ3v) is 2.97. The molecule has 1 aromatic rings. The van der Waals surface area contributed by atoms with Gasteiger partial charge in [0.1, 0.15) is 5.82 Å². The van der Waals surface area contributed by atoms with Gasteiger partial charge < -0.3 is 10.4 Å². The van der Waals surface area contributed by atoms with Crippen LogP contribution in [-0.4, -0.2) is 23.2 Å². The summed E-state index contributed by atoms with van der Waals surface area (Å²) in [4.78, 5) is 11.8. The lowest BCUT2D eigenvalue weighted by Crippen LogP contribution is -2.39. The van der Waals surface area contributed by atoms with Gasteiger partial charge in [0, 0.05) is 5.56 Å². The van der Waals surface area contributed by atoms with Gasteiger partial charge in [-0.25, -0.2) is 4.39 Å². The second-order valence-electron chi connectivity index (χ2n) is 4.35. The van der Waals surface area contributed by atoms with Crippen molar-refractivity contribution in [3.05, 3.63) is 35.1 Å². The minimum atomic E-state index is -0.433. The molecule has 1 amide bonds. The lowest BCUT2D eigenvalue weighted by Gasteiger charge is -2.15. The Kier molecular flexibility index (Phi) is 2.68. The number of benzene rings is 1. The summed E-state index contributed by atoms with van der Waals surface area (Å²) in [5.41, 5.74) is 0.630. The molecule has 0 unspecified atom stereocenters. The molecule has 0 radical (unpaired) electrons. The second-order valence-corrected chi connectivity index (χ2v) is 4.35. The molecule has 1 fully saturated rings. The summed E-state index contributed by atoms with van der Waals surface area (Å²) in [5, 5.41) is 11.9. The molecule has 3 nitrogen and oxygen atoms in total. The van der Waals surface area contributed by atoms with Gasteiger partial charge in [0.25, 0.3) is 5.91 Å². The van der Waals surface area contributed by atoms with Gasteiger partial charge in [-0.2, -0.15) is 0 Å². The van der Waals surface area contributed by atoms with E-state index in [-0.39, 0.29) is 18.3 Å². The van der Waals surface area contributed by atoms with E-state index in [4.69, 9.17) is 5.11 Å². The number of nitrogens with one attached hydrogen (secondary N) is 1. The van der Waals surface area contributed by atoms with E-state index in [0.717, 1.165) is 12.8 Å². The number of halogens is 1. The topological polar surface area (TPSA) is 49.3 Å². The van der Waals surface area contributed by atoms with E-state index >= 15 is 0 Å². The van der Waals surface area contributed by atoms with Gasteiger partial charge in [0.2, 0.25) is 0 Å². The summed E-state index contributed by atoms with van der Waals surface area (Å²) >= 11 is 0. The van der Waals surface area contributed by atoms with Crippen LogP contribution in [0.4, 0.5) is 4.39 Å². The maximum Gasteiger partial charge on any atom is 0.252 e. The molecule has 0 aromatic heterocycles. The highest BCUT2D eigenvalue weighted by Gasteiger charge is 2.43. The summed E-state index contributed by atoms with van der Waals surface area (Å²) < 4.78 is 12.9. The van der Waals surface area contributed by atoms with Gasteiger partial charge in [0.15, 0.2) is 0 Å². The first-order valence-corrected chi connectivity index (χ1v) is 5.26. The zero-order valence-electron chi connectivity index (χ0n) is 9.09. The summed E-state index contributed by atoms with van der Waals surface area (Å²) in [6.45, 7) is 1.65. The predicted molar refractivity (Wildman–Crippen MR) is 57.7 cm³/mol. The fraction of sp³-hybridized carbons (Fsp3) is 0.417. The minimum absolute atomic E-state index is 0.0427. The quantitative estimate of drug-likeness (QED) is 0.813. The van der Waals surface area contributed by atoms with E-state index in [1.165, 1.54) is 18.2 Å². The van der Waals surface area contributed by atoms with Crippen molar-refractivity contribution >= 4 is 5.91 Å². The van der Waals surface area contributed by atoms with Crippen molar-refractivity contribution in [2.45, 2.75) is 25.3 Å². The van der Waals surface area contributed by atoms with Crippen LogP contribution in [0.3, 0.4) is 0 Å². The normalized spacial score (nSPS) is 16.9. The summed E-state index contributed by atoms with van der Waals surface area (Å²) in [6.07, 6.45) is 1.60. The number of hydrogen-bond donors (Lipinski definition) is 2. The van der Waals surface area contributed by atoms with Crippen LogP contribution in [0.2, 0.25) is 0 Å². The number of aryl methyl sites for hydroxylation is 1. The molecule has 0 heterocycles. The second kappa shape index (κ2) is 3.87. The molecule has 2 rings (SSSR count). The maximum atomic E-state index is 12.9. The number of rotatable bonds is 3. The number of carbonyl (C=O) groups excluding carboxylic acids is 1. The van der Waals surface area contributed by atoms with Crippen LogP contribution in [0.25, 0.3) is 0 Å². The van der Waals surface area contributed by atoms with Crippen molar-refractivity contribution in [3.8, 4) is 0 Å². The van der Waals surface area contributed by atoms with Crippen molar-refractivity contribution in [2.75, 3.05) is 6.61 Å². The zero-order valence-corrected chi connectivity index (χ0v) is 9.09. The molecule has 0 spiro atoms. The van der Waals surface area contributed by atoms with E-state index in [2.05, 4.69) is 5.32 Å². The third kappa shape index (κ3) is 2.07. The Morgan fingerprint density at radius 3 is 2.75 bits per heavy atom. The van der Waals surface area contributed by atoms with Crippen LogP contribution in [0.5, 0.6) is 0 Å². The lowest BCUT2D eigenvalue weighted by atomic mass is 10.1. The average Bonchev–Trinajstić information content (AvgIpc) is 2.98. The Labute approximate surface area is 93.3 Å². The lowest BCUT2D eigenvalue weighted by molar-refractivity contribution is 0.0906. The van der Waals surface area contributed by atoms with Crippen molar-refractivity contribution in [2.24, 2.45) is 0 Å². The molecule has 2 N–H and O–H groups in total. The van der Waals surface area contributed by atoms with Gasteiger partial charge in [-0.3, -0.25) is 4.79 Å². The van der Waals surface area contributed by atoms with Crippen molar-refractivity contribution in [1.82, 2.24) is 5.32 Å². The zero-order chi connectivity index (χ0) is 11.8. The van der Waals surface area contributed by atoms with Crippen molar-refractivity contribution in [1.29, 1.82) is 0 Å². The maximum absolute atomic E-state index is 12.9. The van der Waals surface area contributed by atoms with E-state index in [0.29, 0.717) is 11.1 Å². The highest BCUT2D eigenvalue weighted by molar-refractivity contribution is 5.96. The molecule has 1 aliphatic carbocycles. The first-order chi connectivity index (χ1) is 7.56. The van der Waals surface area contributed by atoms with Crippen molar-refractivity contribution in [3.63, 3.8) is 0 Å². The molecule has 86 valence electrons. The molecule has 16 heavy (non-hydrogen) atoms. The highest BCUT2D eigenvalue weighted by Crippen LogP contribution is 2.34. The number of amides is 1. The predicted octanol–water partition coefficient (Wildman–Crippen LogP) is 1.39. The van der Waals surface area contributed by atoms with Crippen LogP contribution in [-0.2, 0) is 0 Å². The molecule has 0 saturated heterocycles. The Morgan fingerprint density at radius 1 is 1.56 bits per heavy atom. The minimum Gasteiger partial charge on any atom is -0.394 e. The first kappa shape index (κ1) is 11.1. The average molecular weight is 223 g/mol. The van der Waals surface area contributed by atoms with Crippen LogP contribution in [0.15, 0.2) is 18.2 Å². The van der Waals surface area contributed by atoms with Gasteiger partial charge in [-0.05, 0) is 43.5 Å². The van der Waals surface area contributed by atoms with E-state index in [1.54, 1.807) is 6.92 Å². The fourth-order valence-electron chi connectivity index (χ4n) is 1.66. The molecule has 0 atom stereocenters. The van der Waals surface area contributed by atoms with Crippen LogP contribution >= 0.6 is 0 Å². The summed E-state index contributed by atoms with van der Waals surface area (Å²) in [6, 6.07) is 4.06. The Morgan fingerprint density at radius 2 is 2.25 bits per heavy atom. The Hall–Kier alpha value is -1.42. The van der Waals surface area contributed by atoms with Crippen molar-refractivity contribution < 1.29 is 14.3 Å². The van der Waals surface area contributed by atoms with Crippen LogP contribution in [0.1, 0.15) is 28.8 Å². The van der Waals surface area contributed by atoms with E-state index in [9.17, 15) is 9.18 Å². The molecular weight excluding hydrogens is 209 g/mol. The number of aliphatic hydroxyl groups excluding tert-OH is 1. The SMILES string of the molecule is Cc1cc(F)ccc1C(=O)NC1(CO)CC1. The Balaban J connectivity index is 2.15. The summed E-state index contributed by atoms with van der Waals surface area (Å²) in [5.74, 6) is -0.596. The molecule has 1 saturated carbocycles. The highest BCUT2D eigenvalue weighted by atomic mass is 19.1. The van der Waals surface area contributed by atoms with Gasteiger partial charge in [-0.15, -0.1) is 0 Å². The molecule has 4 heteroatoms. The van der Waals surface area contributed by atoms with Gasteiger partial charge in [-0.1, -0.05) is 0 Å². The summed E-state index contributed by atoms with van der Waals surface area (Å²) in [7, 11) is 0. The largest absolute Gasteiger partial charge is 0.394 e. The smallest absolute Gasteiger partial charge is 0.252 e. The monoisotopic (exact) mass is 223 g/mol. The van der Waals surface area contributed by atoms with Gasteiger partial charge in [0.05, 0.1) is 12.1 Å². The number of carbonyl (C=O) groups is 1. The van der Waals surface area contributed by atoms with E-state index in [1.807, 2.05) is 0 Å². The molecule has 1 aromatic carbocycles. The molecule has 1 aliphatic rings. The van der Waals surface area contributed by atoms with Crippen LogP contribution in [0, 0.1) is 12.7 Å². The molecule has 0 bridgehead atoms. The number of aliphatic hydroxyl groups is 1. The Bertz CT molecular complexity index is 427. The standard InChI is InChI=1S/C12H14FNO2/c1-8-6-9(13)2-3-10(8)11(16)14-12(7-15)4-5-12/h2-3,6,15H,4-5,7H2,1H3,(H,14,16). The van der Waals surface area contributed by atoms with Gasteiger partial charge >= 0.3 is 0 Å². The van der Waals surface area contributed by atoms with E-state index < -0.39 is 5.54 Å². The first-order valence-electron chi connectivity index (χ1n) is 5.26. The third-order valence-electron chi connectivity index (χ3n) is 2.97. The molecule has 0 aliphatic heterocycles.